The minimum atomic E-state index is -0.337. The Kier molecular flexibility index (Phi) is 7.72. The zero-order valence-electron chi connectivity index (χ0n) is 15.7. The highest BCUT2D eigenvalue weighted by molar-refractivity contribution is 5.90. The molecule has 0 aliphatic rings. The molecule has 0 aromatic rings. The van der Waals surface area contributed by atoms with Gasteiger partial charge >= 0.3 is 0 Å². The lowest BCUT2D eigenvalue weighted by atomic mass is 9.83. The second-order valence-electron chi connectivity index (χ2n) is 7.83. The van der Waals surface area contributed by atoms with Gasteiger partial charge in [0.15, 0.2) is 0 Å². The first-order valence-corrected chi connectivity index (χ1v) is 8.15. The van der Waals surface area contributed by atoms with Crippen molar-refractivity contribution in [1.82, 2.24) is 10.6 Å². The summed E-state index contributed by atoms with van der Waals surface area (Å²) in [6.07, 6.45) is 2.20. The normalized spacial score (nSPS) is 16.5. The molecular weight excluding hydrogens is 276 g/mol. The Morgan fingerprint density at radius 2 is 1.45 bits per heavy atom. The summed E-state index contributed by atoms with van der Waals surface area (Å²) in [5.41, 5.74) is 0.774. The summed E-state index contributed by atoms with van der Waals surface area (Å²) in [4.78, 5) is 0. The smallest absolute Gasteiger partial charge is 0.0734 e. The van der Waals surface area contributed by atoms with Crippen molar-refractivity contribution in [2.75, 3.05) is 13.1 Å². The third-order valence-corrected chi connectivity index (χ3v) is 4.76. The highest BCUT2D eigenvalue weighted by atomic mass is 16.4. The lowest BCUT2D eigenvalue weighted by molar-refractivity contribution is 0.231. The van der Waals surface area contributed by atoms with Crippen molar-refractivity contribution < 1.29 is 5.21 Å². The van der Waals surface area contributed by atoms with E-state index in [1.54, 1.807) is 0 Å². The summed E-state index contributed by atoms with van der Waals surface area (Å²) < 4.78 is 0. The van der Waals surface area contributed by atoms with Crippen molar-refractivity contribution in [2.45, 2.75) is 79.3 Å². The van der Waals surface area contributed by atoms with Gasteiger partial charge in [0, 0.05) is 18.8 Å². The fourth-order valence-electron chi connectivity index (χ4n) is 2.10. The minimum Gasteiger partial charge on any atom is -0.411 e. The van der Waals surface area contributed by atoms with Crippen molar-refractivity contribution >= 4 is 11.4 Å². The van der Waals surface area contributed by atoms with Gasteiger partial charge in [0.1, 0.15) is 0 Å². The predicted molar refractivity (Wildman–Crippen MR) is 95.5 cm³/mol. The Hall–Kier alpha value is -0.940. The zero-order valence-corrected chi connectivity index (χ0v) is 15.7. The largest absolute Gasteiger partial charge is 0.411 e. The van der Waals surface area contributed by atoms with Crippen molar-refractivity contribution in [1.29, 1.82) is 5.41 Å². The van der Waals surface area contributed by atoms with E-state index in [9.17, 15) is 0 Å². The fourth-order valence-corrected chi connectivity index (χ4v) is 2.10. The van der Waals surface area contributed by atoms with Crippen LogP contribution in [0.4, 0.5) is 0 Å². The molecule has 1 unspecified atom stereocenters. The second kappa shape index (κ2) is 8.06. The number of nitrogens with one attached hydrogen (secondary N) is 3. The van der Waals surface area contributed by atoms with E-state index in [0.717, 1.165) is 25.9 Å². The van der Waals surface area contributed by atoms with Gasteiger partial charge in [-0.1, -0.05) is 25.4 Å². The number of hydrogen-bond acceptors (Lipinski definition) is 5. The molecule has 0 saturated heterocycles. The molecule has 0 heterocycles. The van der Waals surface area contributed by atoms with Crippen LogP contribution in [-0.2, 0) is 0 Å². The third-order valence-electron chi connectivity index (χ3n) is 4.76. The molecule has 22 heavy (non-hydrogen) atoms. The molecule has 4 N–H and O–H groups in total. The van der Waals surface area contributed by atoms with Crippen LogP contribution in [0, 0.1) is 10.8 Å². The molecule has 0 bridgehead atoms. The third kappa shape index (κ3) is 6.44. The number of rotatable bonds is 10. The van der Waals surface area contributed by atoms with Gasteiger partial charge < -0.3 is 21.3 Å². The SMILES string of the molecule is CCCC(C)(CNC(C)(C)C(C)=N)CNC(C)(C)/C(C)=N/O. The van der Waals surface area contributed by atoms with Crippen LogP contribution >= 0.6 is 0 Å². The molecule has 0 radical (unpaired) electrons. The van der Waals surface area contributed by atoms with E-state index >= 15 is 0 Å². The van der Waals surface area contributed by atoms with Crippen molar-refractivity contribution in [3.05, 3.63) is 0 Å². The standard InChI is InChI=1S/C17H36N4O/c1-9-10-17(8,11-19-15(4,5)13(2)18)12-20-16(6,7)14(3)21-22/h18-20,22H,9-12H2,1-8H3/b18-13?,21-14+. The Morgan fingerprint density at radius 1 is 1.00 bits per heavy atom. The molecule has 1 atom stereocenters. The van der Waals surface area contributed by atoms with Gasteiger partial charge in [-0.3, -0.25) is 0 Å². The maximum atomic E-state index is 8.99. The lowest BCUT2D eigenvalue weighted by Crippen LogP contribution is -2.54. The van der Waals surface area contributed by atoms with E-state index in [2.05, 4.69) is 29.6 Å². The molecule has 130 valence electrons. The summed E-state index contributed by atoms with van der Waals surface area (Å²) in [6.45, 7) is 17.9. The van der Waals surface area contributed by atoms with Crippen LogP contribution in [0.3, 0.4) is 0 Å². The highest BCUT2D eigenvalue weighted by Crippen LogP contribution is 2.24. The van der Waals surface area contributed by atoms with E-state index in [4.69, 9.17) is 10.6 Å². The zero-order chi connectivity index (χ0) is 17.6. The van der Waals surface area contributed by atoms with Gasteiger partial charge in [0.2, 0.25) is 0 Å². The van der Waals surface area contributed by atoms with Crippen LogP contribution < -0.4 is 10.6 Å². The maximum Gasteiger partial charge on any atom is 0.0734 e. The Labute approximate surface area is 136 Å². The molecule has 0 rings (SSSR count). The van der Waals surface area contributed by atoms with Crippen molar-refractivity contribution in [3.63, 3.8) is 0 Å². The van der Waals surface area contributed by atoms with Gasteiger partial charge in [0.05, 0.1) is 16.8 Å². The van der Waals surface area contributed by atoms with Gasteiger partial charge in [-0.05, 0) is 53.4 Å². The summed E-state index contributed by atoms with van der Waals surface area (Å²) in [5.74, 6) is 0. The molecule has 0 amide bonds. The first-order chi connectivity index (χ1) is 9.90. The first kappa shape index (κ1) is 21.1. The molecule has 0 aromatic carbocycles. The van der Waals surface area contributed by atoms with Crippen LogP contribution in [0.15, 0.2) is 5.16 Å². The van der Waals surface area contributed by atoms with E-state index in [0.29, 0.717) is 11.4 Å². The van der Waals surface area contributed by atoms with E-state index in [-0.39, 0.29) is 16.5 Å². The van der Waals surface area contributed by atoms with Crippen molar-refractivity contribution in [3.8, 4) is 0 Å². The summed E-state index contributed by atoms with van der Waals surface area (Å²) in [7, 11) is 0. The van der Waals surface area contributed by atoms with Gasteiger partial charge in [-0.15, -0.1) is 0 Å². The molecular formula is C17H36N4O. The van der Waals surface area contributed by atoms with Gasteiger partial charge in [0.25, 0.3) is 0 Å². The molecule has 0 aromatic heterocycles. The average molecular weight is 313 g/mol. The maximum absolute atomic E-state index is 8.99. The van der Waals surface area contributed by atoms with Gasteiger partial charge in [-0.25, -0.2) is 0 Å². The number of nitrogens with zero attached hydrogens (tertiary/aromatic N) is 1. The fraction of sp³-hybridized carbons (Fsp3) is 0.882. The van der Waals surface area contributed by atoms with Crippen LogP contribution in [-0.4, -0.2) is 40.8 Å². The van der Waals surface area contributed by atoms with Crippen LogP contribution in [0.2, 0.25) is 0 Å². The average Bonchev–Trinajstić information content (AvgIpc) is 2.43. The van der Waals surface area contributed by atoms with E-state index in [1.807, 2.05) is 41.5 Å². The Morgan fingerprint density at radius 3 is 1.82 bits per heavy atom. The molecule has 5 heteroatoms. The Bertz CT molecular complexity index is 401. The molecule has 0 spiro atoms. The van der Waals surface area contributed by atoms with Crippen molar-refractivity contribution in [2.24, 2.45) is 10.6 Å². The quantitative estimate of drug-likeness (QED) is 0.283. The summed E-state index contributed by atoms with van der Waals surface area (Å²) in [5, 5.41) is 27.2. The second-order valence-corrected chi connectivity index (χ2v) is 7.83. The van der Waals surface area contributed by atoms with Crippen LogP contribution in [0.25, 0.3) is 0 Å². The number of oxime groups is 1. The Balaban J connectivity index is 4.86. The van der Waals surface area contributed by atoms with Crippen LogP contribution in [0.1, 0.15) is 68.2 Å². The minimum absolute atomic E-state index is 0.0779. The highest BCUT2D eigenvalue weighted by Gasteiger charge is 2.31. The summed E-state index contributed by atoms with van der Waals surface area (Å²) in [6, 6.07) is 0. The topological polar surface area (TPSA) is 80.5 Å². The predicted octanol–water partition coefficient (Wildman–Crippen LogP) is 3.42. The molecule has 5 nitrogen and oxygen atoms in total. The summed E-state index contributed by atoms with van der Waals surface area (Å²) >= 11 is 0. The molecule has 0 saturated carbocycles. The first-order valence-electron chi connectivity index (χ1n) is 8.15. The number of hydrogen-bond donors (Lipinski definition) is 4. The van der Waals surface area contributed by atoms with E-state index in [1.165, 1.54) is 0 Å². The molecule has 0 aliphatic carbocycles. The van der Waals surface area contributed by atoms with Gasteiger partial charge in [-0.2, -0.15) is 0 Å². The molecule has 0 fully saturated rings. The van der Waals surface area contributed by atoms with Crippen LogP contribution in [0.5, 0.6) is 0 Å². The van der Waals surface area contributed by atoms with E-state index < -0.39 is 0 Å². The molecule has 0 aliphatic heterocycles. The monoisotopic (exact) mass is 312 g/mol. The lowest BCUT2D eigenvalue weighted by Gasteiger charge is -2.38.